The summed E-state index contributed by atoms with van der Waals surface area (Å²) in [6, 6.07) is 0.611. The Morgan fingerprint density at radius 2 is 2.23 bits per heavy atom. The van der Waals surface area contributed by atoms with Gasteiger partial charge in [-0.1, -0.05) is 32.6 Å². The van der Waals surface area contributed by atoms with E-state index in [1.54, 1.807) is 0 Å². The van der Waals surface area contributed by atoms with Gasteiger partial charge in [0.1, 0.15) is 0 Å². The highest BCUT2D eigenvalue weighted by Gasteiger charge is 2.10. The van der Waals surface area contributed by atoms with Crippen LogP contribution >= 0.6 is 0 Å². The molecule has 1 unspecified atom stereocenters. The molecule has 0 aliphatic carbocycles. The van der Waals surface area contributed by atoms with Gasteiger partial charge in [-0.05, 0) is 19.4 Å². The second-order valence-electron chi connectivity index (χ2n) is 3.97. The second-order valence-corrected chi connectivity index (χ2v) is 3.97. The molecular formula is C11H23N2. The Morgan fingerprint density at radius 1 is 1.31 bits per heavy atom. The minimum atomic E-state index is 0.611. The van der Waals surface area contributed by atoms with Crippen molar-refractivity contribution in [1.82, 2.24) is 10.6 Å². The summed E-state index contributed by atoms with van der Waals surface area (Å²) < 4.78 is 0. The molecule has 2 nitrogen and oxygen atoms in total. The van der Waals surface area contributed by atoms with E-state index < -0.39 is 0 Å². The molecule has 1 rings (SSSR count). The number of nitrogens with one attached hydrogen (secondary N) is 1. The molecule has 1 saturated heterocycles. The summed E-state index contributed by atoms with van der Waals surface area (Å²) in [5, 5.41) is 8.10. The lowest BCUT2D eigenvalue weighted by Gasteiger charge is -2.13. The highest BCUT2D eigenvalue weighted by atomic mass is 15.0. The lowest BCUT2D eigenvalue weighted by molar-refractivity contribution is 0.459. The molecule has 1 atom stereocenters. The smallest absolute Gasteiger partial charge is 0.0370 e. The molecule has 1 fully saturated rings. The van der Waals surface area contributed by atoms with Gasteiger partial charge in [-0.15, -0.1) is 0 Å². The van der Waals surface area contributed by atoms with Crippen LogP contribution in [0.5, 0.6) is 0 Å². The maximum absolute atomic E-state index is 4.66. The predicted molar refractivity (Wildman–Crippen MR) is 57.0 cm³/mol. The summed E-state index contributed by atoms with van der Waals surface area (Å²) in [7, 11) is 0. The first-order valence-corrected chi connectivity index (χ1v) is 5.81. The summed E-state index contributed by atoms with van der Waals surface area (Å²) in [5.74, 6) is 0. The molecule has 0 saturated carbocycles. The molecule has 0 aromatic rings. The van der Waals surface area contributed by atoms with Crippen molar-refractivity contribution in [2.45, 2.75) is 51.5 Å². The van der Waals surface area contributed by atoms with Gasteiger partial charge in [0.15, 0.2) is 0 Å². The summed E-state index contributed by atoms with van der Waals surface area (Å²) in [5.41, 5.74) is 0. The maximum Gasteiger partial charge on any atom is 0.0370 e. The van der Waals surface area contributed by atoms with E-state index in [0.717, 1.165) is 19.6 Å². The largest absolute Gasteiger partial charge is 0.315 e. The van der Waals surface area contributed by atoms with Crippen LogP contribution in [0, 0.1) is 0 Å². The van der Waals surface area contributed by atoms with Crippen molar-refractivity contribution in [3.05, 3.63) is 0 Å². The first kappa shape index (κ1) is 11.0. The van der Waals surface area contributed by atoms with Crippen LogP contribution in [0.2, 0.25) is 0 Å². The molecule has 1 aliphatic heterocycles. The lowest BCUT2D eigenvalue weighted by atomic mass is 10.1. The molecule has 1 N–H and O–H groups in total. The molecule has 13 heavy (non-hydrogen) atoms. The molecular weight excluding hydrogens is 160 g/mol. The second kappa shape index (κ2) is 7.34. The Balaban J connectivity index is 1.98. The van der Waals surface area contributed by atoms with Crippen molar-refractivity contribution in [1.29, 1.82) is 0 Å². The number of nitrogens with zero attached hydrogens (tertiary/aromatic N) is 1. The Labute approximate surface area is 82.5 Å². The highest BCUT2D eigenvalue weighted by Crippen LogP contribution is 2.06. The fourth-order valence-corrected chi connectivity index (χ4v) is 1.81. The van der Waals surface area contributed by atoms with Gasteiger partial charge in [0.25, 0.3) is 0 Å². The van der Waals surface area contributed by atoms with Gasteiger partial charge in [0.2, 0.25) is 0 Å². The van der Waals surface area contributed by atoms with E-state index in [0.29, 0.717) is 6.04 Å². The van der Waals surface area contributed by atoms with Crippen molar-refractivity contribution in [3.8, 4) is 0 Å². The van der Waals surface area contributed by atoms with Gasteiger partial charge in [-0.3, -0.25) is 0 Å². The van der Waals surface area contributed by atoms with E-state index in [9.17, 15) is 0 Å². The van der Waals surface area contributed by atoms with E-state index in [1.165, 1.54) is 38.5 Å². The Bertz CT molecular complexity index is 107. The average molecular weight is 183 g/mol. The van der Waals surface area contributed by atoms with Crippen molar-refractivity contribution in [3.63, 3.8) is 0 Å². The summed E-state index contributed by atoms with van der Waals surface area (Å²) in [6.07, 6.45) is 8.00. The maximum atomic E-state index is 4.66. The molecule has 2 heteroatoms. The topological polar surface area (TPSA) is 26.1 Å². The third kappa shape index (κ3) is 5.27. The minimum Gasteiger partial charge on any atom is -0.315 e. The molecule has 1 heterocycles. The minimum absolute atomic E-state index is 0.611. The number of hydrogen-bond acceptors (Lipinski definition) is 1. The Kier molecular flexibility index (Phi) is 6.21. The summed E-state index contributed by atoms with van der Waals surface area (Å²) >= 11 is 0. The van der Waals surface area contributed by atoms with Gasteiger partial charge in [0.05, 0.1) is 0 Å². The quantitative estimate of drug-likeness (QED) is 0.648. The molecule has 1 radical (unpaired) electrons. The summed E-state index contributed by atoms with van der Waals surface area (Å²) in [4.78, 5) is 0. The van der Waals surface area contributed by atoms with Crippen LogP contribution in [0.4, 0.5) is 0 Å². The van der Waals surface area contributed by atoms with Crippen LogP contribution < -0.4 is 10.6 Å². The fraction of sp³-hybridized carbons (Fsp3) is 1.00. The summed E-state index contributed by atoms with van der Waals surface area (Å²) in [6.45, 7) is 5.62. The van der Waals surface area contributed by atoms with Crippen LogP contribution in [-0.4, -0.2) is 25.7 Å². The number of hydrogen-bond donors (Lipinski definition) is 1. The zero-order valence-electron chi connectivity index (χ0n) is 8.89. The predicted octanol–water partition coefficient (Wildman–Crippen LogP) is 1.92. The first-order valence-electron chi connectivity index (χ1n) is 5.81. The third-order valence-corrected chi connectivity index (χ3v) is 2.67. The lowest BCUT2D eigenvalue weighted by Crippen LogP contribution is -2.30. The first-order chi connectivity index (χ1) is 6.43. The van der Waals surface area contributed by atoms with Gasteiger partial charge in [0, 0.05) is 19.1 Å². The molecule has 0 aromatic carbocycles. The van der Waals surface area contributed by atoms with Crippen molar-refractivity contribution >= 4 is 0 Å². The highest BCUT2D eigenvalue weighted by molar-refractivity contribution is 4.72. The molecule has 0 bridgehead atoms. The molecule has 1 aliphatic rings. The van der Waals surface area contributed by atoms with Crippen molar-refractivity contribution in [2.75, 3.05) is 19.6 Å². The fourth-order valence-electron chi connectivity index (χ4n) is 1.81. The molecule has 0 amide bonds. The standard InChI is InChI=1S/C11H23N2/c1-2-3-4-5-7-11-10-12-8-6-9-13-11/h11-12H,2-10H2,1H3. The van der Waals surface area contributed by atoms with Crippen molar-refractivity contribution < 1.29 is 0 Å². The van der Waals surface area contributed by atoms with Crippen molar-refractivity contribution in [2.24, 2.45) is 0 Å². The van der Waals surface area contributed by atoms with E-state index in [2.05, 4.69) is 17.6 Å². The number of unbranched alkanes of at least 4 members (excludes halogenated alkanes) is 3. The molecule has 77 valence electrons. The normalized spacial score (nSPS) is 24.2. The molecule has 0 spiro atoms. The van der Waals surface area contributed by atoms with Crippen LogP contribution in [0.15, 0.2) is 0 Å². The van der Waals surface area contributed by atoms with Gasteiger partial charge in [-0.25, -0.2) is 5.32 Å². The zero-order valence-corrected chi connectivity index (χ0v) is 8.89. The van der Waals surface area contributed by atoms with Gasteiger partial charge >= 0.3 is 0 Å². The number of rotatable bonds is 5. The third-order valence-electron chi connectivity index (χ3n) is 2.67. The van der Waals surface area contributed by atoms with Crippen LogP contribution in [0.25, 0.3) is 0 Å². The zero-order chi connectivity index (χ0) is 9.36. The average Bonchev–Trinajstić information content (AvgIpc) is 2.41. The van der Waals surface area contributed by atoms with Gasteiger partial charge in [-0.2, -0.15) is 0 Å². The van der Waals surface area contributed by atoms with Crippen LogP contribution in [0.1, 0.15) is 45.4 Å². The van der Waals surface area contributed by atoms with Crippen LogP contribution in [0.3, 0.4) is 0 Å². The van der Waals surface area contributed by atoms with E-state index >= 15 is 0 Å². The molecule has 0 aromatic heterocycles. The van der Waals surface area contributed by atoms with Crippen LogP contribution in [-0.2, 0) is 0 Å². The van der Waals surface area contributed by atoms with E-state index in [-0.39, 0.29) is 0 Å². The van der Waals surface area contributed by atoms with E-state index in [4.69, 9.17) is 0 Å². The monoisotopic (exact) mass is 183 g/mol. The van der Waals surface area contributed by atoms with Gasteiger partial charge < -0.3 is 5.32 Å². The Hall–Kier alpha value is -0.0800. The van der Waals surface area contributed by atoms with E-state index in [1.807, 2.05) is 0 Å². The SMILES string of the molecule is CCCCCCC1CNCCC[N]1. The Morgan fingerprint density at radius 3 is 3.08 bits per heavy atom.